The van der Waals surface area contributed by atoms with Gasteiger partial charge in [0.25, 0.3) is 0 Å². The lowest BCUT2D eigenvalue weighted by Gasteiger charge is -2.23. The van der Waals surface area contributed by atoms with E-state index in [-0.39, 0.29) is 5.54 Å². The van der Waals surface area contributed by atoms with Gasteiger partial charge in [-0.1, -0.05) is 6.07 Å². The van der Waals surface area contributed by atoms with Gasteiger partial charge >= 0.3 is 0 Å². The van der Waals surface area contributed by atoms with Gasteiger partial charge in [-0.3, -0.25) is 0 Å². The third-order valence-electron chi connectivity index (χ3n) is 3.04. The molecule has 0 saturated carbocycles. The second-order valence-corrected chi connectivity index (χ2v) is 6.01. The highest BCUT2D eigenvalue weighted by Gasteiger charge is 2.11. The number of methoxy groups -OCH3 is 1. The Morgan fingerprint density at radius 3 is 2.29 bits per heavy atom. The Kier molecular flexibility index (Phi) is 4.36. The quantitative estimate of drug-likeness (QED) is 0.919. The molecule has 1 heterocycles. The number of rotatable bonds is 4. The maximum absolute atomic E-state index is 5.18. The molecule has 4 nitrogen and oxygen atoms in total. The van der Waals surface area contributed by atoms with Crippen molar-refractivity contribution in [3.8, 4) is 5.75 Å². The van der Waals surface area contributed by atoms with Crippen LogP contribution in [0.2, 0.25) is 0 Å². The average molecular weight is 285 g/mol. The van der Waals surface area contributed by atoms with E-state index in [0.717, 1.165) is 23.1 Å². The van der Waals surface area contributed by atoms with E-state index in [0.29, 0.717) is 0 Å². The second kappa shape index (κ2) is 6.04. The van der Waals surface area contributed by atoms with Gasteiger partial charge in [-0.05, 0) is 57.2 Å². The number of nitrogens with one attached hydrogen (secondary N) is 1. The van der Waals surface area contributed by atoms with E-state index in [2.05, 4.69) is 31.1 Å². The van der Waals surface area contributed by atoms with Crippen LogP contribution in [-0.4, -0.2) is 24.7 Å². The molecule has 1 aromatic carbocycles. The lowest BCUT2D eigenvalue weighted by atomic mass is 10.1. The van der Waals surface area contributed by atoms with Crippen LogP contribution >= 0.6 is 0 Å². The zero-order chi connectivity index (χ0) is 15.5. The number of ether oxygens (including phenoxy) is 1. The van der Waals surface area contributed by atoms with Gasteiger partial charge in [-0.25, -0.2) is 4.98 Å². The first-order chi connectivity index (χ1) is 9.89. The molecule has 112 valence electrons. The third-order valence-corrected chi connectivity index (χ3v) is 3.04. The fourth-order valence-electron chi connectivity index (χ4n) is 2.00. The van der Waals surface area contributed by atoms with Crippen molar-refractivity contribution in [1.82, 2.24) is 4.98 Å². The highest BCUT2D eigenvalue weighted by molar-refractivity contribution is 5.61. The molecule has 0 aliphatic heterocycles. The van der Waals surface area contributed by atoms with E-state index in [1.807, 2.05) is 54.4 Å². The van der Waals surface area contributed by atoms with E-state index in [1.54, 1.807) is 7.11 Å². The summed E-state index contributed by atoms with van der Waals surface area (Å²) in [6.07, 6.45) is 0. The molecule has 21 heavy (non-hydrogen) atoms. The lowest BCUT2D eigenvalue weighted by Crippen LogP contribution is -2.27. The average Bonchev–Trinajstić information content (AvgIpc) is 2.45. The Balaban J connectivity index is 2.22. The Hall–Kier alpha value is -2.23. The first-order valence-electron chi connectivity index (χ1n) is 7.02. The van der Waals surface area contributed by atoms with Crippen LogP contribution in [-0.2, 0) is 0 Å². The lowest BCUT2D eigenvalue weighted by molar-refractivity contribution is 0.415. The molecule has 0 spiro atoms. The van der Waals surface area contributed by atoms with Gasteiger partial charge in [0, 0.05) is 18.3 Å². The molecule has 4 heteroatoms. The van der Waals surface area contributed by atoms with Crippen LogP contribution in [0.4, 0.5) is 17.3 Å². The molecule has 0 saturated heterocycles. The van der Waals surface area contributed by atoms with Gasteiger partial charge in [0.2, 0.25) is 0 Å². The van der Waals surface area contributed by atoms with Crippen LogP contribution in [0.15, 0.2) is 42.5 Å². The molecule has 1 N–H and O–H groups in total. The smallest absolute Gasteiger partial charge is 0.135 e. The van der Waals surface area contributed by atoms with Crippen LogP contribution in [0.25, 0.3) is 0 Å². The van der Waals surface area contributed by atoms with Crippen molar-refractivity contribution >= 4 is 17.3 Å². The van der Waals surface area contributed by atoms with E-state index in [9.17, 15) is 0 Å². The highest BCUT2D eigenvalue weighted by Crippen LogP contribution is 2.25. The summed E-state index contributed by atoms with van der Waals surface area (Å²) in [6, 6.07) is 13.9. The monoisotopic (exact) mass is 285 g/mol. The van der Waals surface area contributed by atoms with Crippen molar-refractivity contribution in [2.45, 2.75) is 26.3 Å². The van der Waals surface area contributed by atoms with Crippen molar-refractivity contribution in [2.75, 3.05) is 24.4 Å². The standard InChI is InChI=1S/C17H23N3O/c1-17(2,3)19-15-7-6-8-16(18-15)20(4)13-9-11-14(21-5)12-10-13/h6-12H,1-5H3,(H,18,19). The fourth-order valence-corrected chi connectivity index (χ4v) is 2.00. The van der Waals surface area contributed by atoms with Crippen LogP contribution in [0.3, 0.4) is 0 Å². The zero-order valence-corrected chi connectivity index (χ0v) is 13.3. The Morgan fingerprint density at radius 2 is 1.71 bits per heavy atom. The van der Waals surface area contributed by atoms with E-state index in [4.69, 9.17) is 4.74 Å². The molecule has 0 atom stereocenters. The minimum atomic E-state index is -0.00962. The maximum Gasteiger partial charge on any atom is 0.135 e. The molecule has 0 aliphatic rings. The Bertz CT molecular complexity index is 588. The molecule has 0 unspecified atom stereocenters. The first-order valence-corrected chi connectivity index (χ1v) is 7.02. The predicted molar refractivity (Wildman–Crippen MR) is 88.7 cm³/mol. The number of hydrogen-bond acceptors (Lipinski definition) is 4. The van der Waals surface area contributed by atoms with Gasteiger partial charge in [0.15, 0.2) is 0 Å². The number of anilines is 3. The molecule has 0 fully saturated rings. The van der Waals surface area contributed by atoms with Crippen LogP contribution < -0.4 is 15.0 Å². The van der Waals surface area contributed by atoms with Crippen LogP contribution in [0, 0.1) is 0 Å². The molecule has 0 aliphatic carbocycles. The maximum atomic E-state index is 5.18. The number of pyridine rings is 1. The summed E-state index contributed by atoms with van der Waals surface area (Å²) in [5.74, 6) is 2.62. The van der Waals surface area contributed by atoms with Crippen molar-refractivity contribution < 1.29 is 4.74 Å². The van der Waals surface area contributed by atoms with Gasteiger partial charge in [0.1, 0.15) is 17.4 Å². The summed E-state index contributed by atoms with van der Waals surface area (Å²) in [5, 5.41) is 3.39. The second-order valence-electron chi connectivity index (χ2n) is 6.01. The summed E-state index contributed by atoms with van der Waals surface area (Å²) in [6.45, 7) is 6.36. The molecule has 0 amide bonds. The molecule has 0 bridgehead atoms. The molecular formula is C17H23N3O. The fraction of sp³-hybridized carbons (Fsp3) is 0.353. The number of aromatic nitrogens is 1. The Labute approximate surface area is 126 Å². The summed E-state index contributed by atoms with van der Waals surface area (Å²) in [5.41, 5.74) is 1.06. The summed E-state index contributed by atoms with van der Waals surface area (Å²) in [7, 11) is 3.67. The number of benzene rings is 1. The van der Waals surface area contributed by atoms with Crippen molar-refractivity contribution in [3.63, 3.8) is 0 Å². The molecular weight excluding hydrogens is 262 g/mol. The van der Waals surface area contributed by atoms with Crippen molar-refractivity contribution in [2.24, 2.45) is 0 Å². The van der Waals surface area contributed by atoms with E-state index in [1.165, 1.54) is 0 Å². The van der Waals surface area contributed by atoms with Crippen LogP contribution in [0.1, 0.15) is 20.8 Å². The van der Waals surface area contributed by atoms with Crippen molar-refractivity contribution in [1.29, 1.82) is 0 Å². The summed E-state index contributed by atoms with van der Waals surface area (Å²) in [4.78, 5) is 6.71. The van der Waals surface area contributed by atoms with Crippen molar-refractivity contribution in [3.05, 3.63) is 42.5 Å². The van der Waals surface area contributed by atoms with Gasteiger partial charge in [-0.15, -0.1) is 0 Å². The zero-order valence-electron chi connectivity index (χ0n) is 13.3. The minimum absolute atomic E-state index is 0.00962. The van der Waals surface area contributed by atoms with Gasteiger partial charge in [-0.2, -0.15) is 0 Å². The SMILES string of the molecule is COc1ccc(N(C)c2cccc(NC(C)(C)C)n2)cc1. The molecule has 2 aromatic rings. The predicted octanol–water partition coefficient (Wildman–Crippen LogP) is 4.07. The van der Waals surface area contributed by atoms with E-state index >= 15 is 0 Å². The molecule has 0 radical (unpaired) electrons. The summed E-state index contributed by atoms with van der Waals surface area (Å²) >= 11 is 0. The summed E-state index contributed by atoms with van der Waals surface area (Å²) < 4.78 is 5.18. The number of nitrogens with zero attached hydrogens (tertiary/aromatic N) is 2. The van der Waals surface area contributed by atoms with Gasteiger partial charge < -0.3 is 15.0 Å². The largest absolute Gasteiger partial charge is 0.497 e. The molecule has 1 aromatic heterocycles. The Morgan fingerprint density at radius 1 is 1.05 bits per heavy atom. The van der Waals surface area contributed by atoms with Crippen LogP contribution in [0.5, 0.6) is 5.75 Å². The normalized spacial score (nSPS) is 11.1. The minimum Gasteiger partial charge on any atom is -0.497 e. The van der Waals surface area contributed by atoms with E-state index < -0.39 is 0 Å². The highest BCUT2D eigenvalue weighted by atomic mass is 16.5. The van der Waals surface area contributed by atoms with Gasteiger partial charge in [0.05, 0.1) is 7.11 Å². The first kappa shape index (κ1) is 15.2. The molecule has 2 rings (SSSR count). The third kappa shape index (κ3) is 4.12. The number of hydrogen-bond donors (Lipinski definition) is 1. The topological polar surface area (TPSA) is 37.4 Å².